The fourth-order valence-corrected chi connectivity index (χ4v) is 8.62. The van der Waals surface area contributed by atoms with Gasteiger partial charge in [-0.2, -0.15) is 4.98 Å². The molecule has 0 bridgehead atoms. The highest BCUT2D eigenvalue weighted by Gasteiger charge is 2.51. The second kappa shape index (κ2) is 14.3. The summed E-state index contributed by atoms with van der Waals surface area (Å²) >= 11 is 0. The molecule has 2 aliphatic rings. The fraction of sp³-hybridized carbons (Fsp3) is 0.625. The average Bonchev–Trinajstić information content (AvgIpc) is 3.37. The number of rotatable bonds is 15. The fourth-order valence-electron chi connectivity index (χ4n) is 5.78. The summed E-state index contributed by atoms with van der Waals surface area (Å²) in [5.41, 5.74) is 7.15. The van der Waals surface area contributed by atoms with Crippen LogP contribution < -0.4 is 11.3 Å². The van der Waals surface area contributed by atoms with E-state index in [0.29, 0.717) is 42.8 Å². The highest BCUT2D eigenvalue weighted by molar-refractivity contribution is 6.70. The van der Waals surface area contributed by atoms with E-state index in [4.69, 9.17) is 23.7 Å². The maximum Gasteiger partial charge on any atom is 0.280 e. The van der Waals surface area contributed by atoms with Gasteiger partial charge in [0, 0.05) is 19.3 Å². The van der Waals surface area contributed by atoms with E-state index in [0.717, 1.165) is 19.3 Å². The van der Waals surface area contributed by atoms with Crippen LogP contribution in [-0.2, 0) is 24.6 Å². The van der Waals surface area contributed by atoms with Crippen LogP contribution >= 0.6 is 0 Å². The molecule has 0 spiro atoms. The van der Waals surface area contributed by atoms with Crippen molar-refractivity contribution >= 4 is 42.7 Å². The van der Waals surface area contributed by atoms with Crippen LogP contribution in [-0.4, -0.2) is 82.7 Å². The maximum absolute atomic E-state index is 13.3. The summed E-state index contributed by atoms with van der Waals surface area (Å²) < 4.78 is 28.1. The van der Waals surface area contributed by atoms with Gasteiger partial charge < -0.3 is 28.3 Å². The smallest absolute Gasteiger partial charge is 0.280 e. The molecule has 1 saturated heterocycles. The molecule has 2 amide bonds. The molecule has 0 saturated carbocycles. The molecule has 0 radical (unpaired) electrons. The van der Waals surface area contributed by atoms with Gasteiger partial charge in [-0.05, 0) is 83.9 Å². The van der Waals surface area contributed by atoms with Crippen molar-refractivity contribution in [2.75, 3.05) is 18.9 Å². The number of nitrogens with two attached hydrogens (primary N) is 1. The molecule has 4 rings (SSSR count). The Morgan fingerprint density at radius 1 is 0.783 bits per heavy atom. The Labute approximate surface area is 276 Å². The quantitative estimate of drug-likeness (QED) is 0.148. The monoisotopic (exact) mass is 688 g/mol. The summed E-state index contributed by atoms with van der Waals surface area (Å²) in [5.74, 6) is -0.302. The van der Waals surface area contributed by atoms with Crippen LogP contribution in [0.4, 0.5) is 5.95 Å². The zero-order valence-electron chi connectivity index (χ0n) is 28.9. The maximum atomic E-state index is 13.3. The van der Waals surface area contributed by atoms with Gasteiger partial charge in [-0.3, -0.25) is 19.3 Å². The van der Waals surface area contributed by atoms with E-state index >= 15 is 0 Å². The van der Waals surface area contributed by atoms with Crippen molar-refractivity contribution in [1.82, 2.24) is 14.5 Å². The number of nitrogens with zero attached hydrogens (tertiary/aromatic N) is 3. The van der Waals surface area contributed by atoms with Crippen molar-refractivity contribution in [2.45, 2.75) is 116 Å². The Morgan fingerprint density at radius 2 is 1.33 bits per heavy atom. The van der Waals surface area contributed by atoms with Crippen LogP contribution in [0.15, 0.2) is 35.3 Å². The van der Waals surface area contributed by atoms with E-state index in [1.54, 1.807) is 35.0 Å². The number of carbonyl (C=O) groups excluding carboxylic acids is 2. The predicted octanol–water partition coefficient (Wildman–Crippen LogP) is 5.41. The number of aryl methyl sites for hydroxylation is 1. The SMILES string of the molecule is C[Si](C)(C)OCC1OC(c2cn(CCCCCCN3C(=O)c4ccccc4C3=O)c(N)nc2=O)C(O[Si](C)(C)C)C1O[Si](C)(C)C. The summed E-state index contributed by atoms with van der Waals surface area (Å²) in [6.45, 7) is 20.5. The zero-order valence-corrected chi connectivity index (χ0v) is 31.9. The summed E-state index contributed by atoms with van der Waals surface area (Å²) in [6, 6.07) is 6.94. The average molecular weight is 689 g/mol. The minimum atomic E-state index is -2.09. The van der Waals surface area contributed by atoms with Gasteiger partial charge in [0.25, 0.3) is 17.4 Å². The minimum absolute atomic E-state index is 0.147. The Bertz CT molecular complexity index is 1430. The van der Waals surface area contributed by atoms with E-state index in [9.17, 15) is 14.4 Å². The molecule has 0 aliphatic carbocycles. The van der Waals surface area contributed by atoms with Crippen LogP contribution in [0.1, 0.15) is 58.1 Å². The zero-order chi connectivity index (χ0) is 34.0. The third kappa shape index (κ3) is 9.33. The number of amides is 2. The Balaban J connectivity index is 1.44. The second-order valence-electron chi connectivity index (χ2n) is 15.2. The Hall–Kier alpha value is -2.47. The van der Waals surface area contributed by atoms with E-state index in [1.165, 1.54) is 4.90 Å². The summed E-state index contributed by atoms with van der Waals surface area (Å²) in [5, 5.41) is 0. The van der Waals surface area contributed by atoms with Gasteiger partial charge in [-0.15, -0.1) is 0 Å². The number of hydrogen-bond acceptors (Lipinski definition) is 9. The second-order valence-corrected chi connectivity index (χ2v) is 28.6. The van der Waals surface area contributed by atoms with Gasteiger partial charge in [0.05, 0.1) is 23.3 Å². The van der Waals surface area contributed by atoms with E-state index < -0.39 is 48.8 Å². The lowest BCUT2D eigenvalue weighted by Gasteiger charge is -2.34. The Kier molecular flexibility index (Phi) is 11.3. The molecule has 2 N–H and O–H groups in total. The molecule has 4 atom stereocenters. The van der Waals surface area contributed by atoms with Gasteiger partial charge in [0.1, 0.15) is 24.4 Å². The van der Waals surface area contributed by atoms with Gasteiger partial charge in [-0.1, -0.05) is 25.0 Å². The first-order valence-electron chi connectivity index (χ1n) is 16.3. The normalized spacial score (nSPS) is 22.2. The molecule has 14 heteroatoms. The van der Waals surface area contributed by atoms with Crippen molar-refractivity contribution in [3.05, 3.63) is 57.5 Å². The third-order valence-corrected chi connectivity index (χ3v) is 10.7. The molecule has 254 valence electrons. The number of carbonyl (C=O) groups is 2. The molecule has 1 aromatic carbocycles. The molecule has 4 unspecified atom stereocenters. The predicted molar refractivity (Wildman–Crippen MR) is 187 cm³/mol. The summed E-state index contributed by atoms with van der Waals surface area (Å²) in [6.07, 6.45) is 3.02. The molecule has 11 nitrogen and oxygen atoms in total. The highest BCUT2D eigenvalue weighted by atomic mass is 28.4. The van der Waals surface area contributed by atoms with Gasteiger partial charge in [0.15, 0.2) is 25.0 Å². The molecule has 3 heterocycles. The van der Waals surface area contributed by atoms with Gasteiger partial charge >= 0.3 is 0 Å². The third-order valence-electron chi connectivity index (χ3n) is 7.74. The first kappa shape index (κ1) is 36.4. The summed E-state index contributed by atoms with van der Waals surface area (Å²) in [4.78, 5) is 44.1. The lowest BCUT2D eigenvalue weighted by Crippen LogP contribution is -2.48. The number of unbranched alkanes of at least 4 members (excludes halogenated alkanes) is 3. The van der Waals surface area contributed by atoms with Crippen molar-refractivity contribution in [1.29, 1.82) is 0 Å². The van der Waals surface area contributed by atoms with Crippen LogP contribution in [0.5, 0.6) is 0 Å². The molecule has 2 aromatic rings. The largest absolute Gasteiger partial charge is 0.415 e. The van der Waals surface area contributed by atoms with Crippen LogP contribution in [0.2, 0.25) is 58.9 Å². The molecule has 46 heavy (non-hydrogen) atoms. The van der Waals surface area contributed by atoms with E-state index in [1.807, 2.05) is 0 Å². The molecular formula is C32H52N4O7Si3. The first-order valence-corrected chi connectivity index (χ1v) is 26.5. The standard InChI is InChI=1S/C32H52N4O7Si3/c1-44(2,3)40-21-25-27(42-45(4,5)6)28(43-46(7,8)9)26(41-25)24-20-35(32(33)34-29(24)37)18-14-10-11-15-19-36-30(38)22-16-12-13-17-23(22)31(36)39/h12-13,16-17,20,25-28H,10-11,14-15,18-19,21H2,1-9H3,(H2,33,34,37). The molecule has 2 aliphatic heterocycles. The molecule has 1 fully saturated rings. The number of hydrogen-bond donors (Lipinski definition) is 1. The molecular weight excluding hydrogens is 637 g/mol. The van der Waals surface area contributed by atoms with Crippen LogP contribution in [0.3, 0.4) is 0 Å². The lowest BCUT2D eigenvalue weighted by atomic mass is 10.0. The number of benzene rings is 1. The van der Waals surface area contributed by atoms with E-state index in [2.05, 4.69) is 63.9 Å². The highest BCUT2D eigenvalue weighted by Crippen LogP contribution is 2.39. The summed E-state index contributed by atoms with van der Waals surface area (Å²) in [7, 11) is -5.97. The van der Waals surface area contributed by atoms with Crippen molar-refractivity contribution < 1.29 is 27.6 Å². The van der Waals surface area contributed by atoms with Crippen molar-refractivity contribution in [3.63, 3.8) is 0 Å². The number of nitrogen functional groups attached to an aromatic ring is 1. The molecule has 1 aromatic heterocycles. The number of ether oxygens (including phenoxy) is 1. The number of imide groups is 1. The van der Waals surface area contributed by atoms with Crippen LogP contribution in [0.25, 0.3) is 0 Å². The van der Waals surface area contributed by atoms with Crippen molar-refractivity contribution in [2.24, 2.45) is 0 Å². The van der Waals surface area contributed by atoms with Gasteiger partial charge in [-0.25, -0.2) is 0 Å². The number of fused-ring (bicyclic) bond motifs is 1. The van der Waals surface area contributed by atoms with Gasteiger partial charge in [0.2, 0.25) is 5.95 Å². The van der Waals surface area contributed by atoms with Crippen molar-refractivity contribution in [3.8, 4) is 0 Å². The topological polar surface area (TPSA) is 135 Å². The first-order chi connectivity index (χ1) is 21.3. The lowest BCUT2D eigenvalue weighted by molar-refractivity contribution is -0.0158. The Morgan fingerprint density at radius 3 is 1.87 bits per heavy atom. The van der Waals surface area contributed by atoms with Crippen LogP contribution in [0, 0.1) is 0 Å². The van der Waals surface area contributed by atoms with E-state index in [-0.39, 0.29) is 23.9 Å². The number of anilines is 1. The minimum Gasteiger partial charge on any atom is -0.415 e. The number of aromatic nitrogens is 2.